The maximum absolute atomic E-state index is 12.8. The molecule has 344 valence electrons. The van der Waals surface area contributed by atoms with E-state index in [1.807, 2.05) is 0 Å². The molecule has 59 heavy (non-hydrogen) atoms. The van der Waals surface area contributed by atoms with Crippen molar-refractivity contribution < 1.29 is 63.1 Å². The summed E-state index contributed by atoms with van der Waals surface area (Å²) in [6.07, 6.45) is 26.3. The first-order valence-electron chi connectivity index (χ1n) is 22.8. The number of rotatable bonds is 37. The van der Waals surface area contributed by atoms with Crippen LogP contribution in [0.25, 0.3) is 0 Å². The van der Waals surface area contributed by atoms with Crippen molar-refractivity contribution in [3.05, 3.63) is 36.5 Å². The van der Waals surface area contributed by atoms with Gasteiger partial charge in [-0.05, 0) is 70.6 Å². The molecule has 1 saturated carbocycles. The molecule has 0 saturated heterocycles. The van der Waals surface area contributed by atoms with Crippen LogP contribution in [0.4, 0.5) is 0 Å². The normalized spacial score (nSPS) is 22.6. The van der Waals surface area contributed by atoms with Crippen LogP contribution in [0.2, 0.25) is 0 Å². The lowest BCUT2D eigenvalue weighted by Crippen LogP contribution is -2.64. The fourth-order valence-electron chi connectivity index (χ4n) is 6.72. The molecule has 6 N–H and O–H groups in total. The first-order valence-corrected chi connectivity index (χ1v) is 24.3. The van der Waals surface area contributed by atoms with E-state index in [2.05, 4.69) is 50.3 Å². The van der Waals surface area contributed by atoms with E-state index in [0.29, 0.717) is 12.8 Å². The summed E-state index contributed by atoms with van der Waals surface area (Å²) in [5.41, 5.74) is 0. The number of aliphatic hydroxyl groups is 5. The minimum atomic E-state index is -5.12. The van der Waals surface area contributed by atoms with Crippen LogP contribution >= 0.6 is 7.82 Å². The van der Waals surface area contributed by atoms with Crippen LogP contribution in [0.15, 0.2) is 36.5 Å². The van der Waals surface area contributed by atoms with E-state index in [1.54, 1.807) is 0 Å². The number of ether oxygens (including phenoxy) is 2. The predicted octanol–water partition coefficient (Wildman–Crippen LogP) is 8.61. The lowest BCUT2D eigenvalue weighted by atomic mass is 9.85. The van der Waals surface area contributed by atoms with Crippen LogP contribution in [0.5, 0.6) is 0 Å². The highest BCUT2D eigenvalue weighted by Gasteiger charge is 2.51. The summed E-state index contributed by atoms with van der Waals surface area (Å²) >= 11 is 0. The molecule has 1 aliphatic carbocycles. The van der Waals surface area contributed by atoms with Crippen molar-refractivity contribution in [2.75, 3.05) is 13.2 Å². The molecule has 0 spiro atoms. The third kappa shape index (κ3) is 28.3. The summed E-state index contributed by atoms with van der Waals surface area (Å²) < 4.78 is 33.5. The topological polar surface area (TPSA) is 210 Å². The summed E-state index contributed by atoms with van der Waals surface area (Å²) in [5, 5.41) is 50.1. The van der Waals surface area contributed by atoms with Crippen molar-refractivity contribution in [2.24, 2.45) is 0 Å². The van der Waals surface area contributed by atoms with Crippen LogP contribution in [-0.4, -0.2) is 98.3 Å². The number of phosphoric ester groups is 1. The quantitative estimate of drug-likeness (QED) is 0.0150. The number of allylic oxidation sites excluding steroid dienone is 6. The fourth-order valence-corrected chi connectivity index (χ4v) is 7.70. The van der Waals surface area contributed by atoms with Gasteiger partial charge in [-0.3, -0.25) is 18.6 Å². The Labute approximate surface area is 355 Å². The number of hydrogen-bond donors (Lipinski definition) is 6. The lowest BCUT2D eigenvalue weighted by molar-refractivity contribution is -0.220. The van der Waals surface area contributed by atoms with Crippen molar-refractivity contribution >= 4 is 19.8 Å². The Kier molecular flexibility index (Phi) is 33.3. The van der Waals surface area contributed by atoms with E-state index < -0.39 is 75.7 Å². The molecule has 0 bridgehead atoms. The molecular formula is C45H81O13P. The molecule has 0 aromatic heterocycles. The van der Waals surface area contributed by atoms with E-state index in [0.717, 1.165) is 83.5 Å². The fraction of sp³-hybridized carbons (Fsp3) is 0.822. The van der Waals surface area contributed by atoms with Crippen molar-refractivity contribution in [2.45, 2.75) is 224 Å². The van der Waals surface area contributed by atoms with E-state index in [4.69, 9.17) is 18.5 Å². The van der Waals surface area contributed by atoms with Gasteiger partial charge in [0, 0.05) is 12.8 Å². The Morgan fingerprint density at radius 3 is 1.42 bits per heavy atom. The zero-order chi connectivity index (χ0) is 43.6. The van der Waals surface area contributed by atoms with Gasteiger partial charge in [0.2, 0.25) is 0 Å². The van der Waals surface area contributed by atoms with E-state index in [-0.39, 0.29) is 12.8 Å². The molecule has 0 amide bonds. The van der Waals surface area contributed by atoms with Gasteiger partial charge >= 0.3 is 19.8 Å². The van der Waals surface area contributed by atoms with Crippen molar-refractivity contribution in [3.8, 4) is 0 Å². The van der Waals surface area contributed by atoms with Gasteiger partial charge in [-0.25, -0.2) is 4.57 Å². The standard InChI is InChI=1S/C45H81O13P/c1-3-5-7-9-11-13-15-17-18-19-20-22-23-25-27-29-31-33-38(46)55-35-37(36-56-59(53,54)58-45-43(51)41(49)40(48)42(50)44(45)52)57-39(47)34-32-30-28-26-24-21-16-14-12-10-8-6-4-2/h11,13-14,16-18,37,40-45,48-52H,3-10,12,15,19-36H2,1-2H3,(H,53,54)/b13-11-,16-14-,18-17-/t37-,40?,41-,42?,43?,44?,45?/m1/s1. The molecule has 13 nitrogen and oxygen atoms in total. The molecule has 6 unspecified atom stereocenters. The average molecular weight is 861 g/mol. The molecule has 1 rings (SSSR count). The molecule has 0 aromatic carbocycles. The largest absolute Gasteiger partial charge is 0.472 e. The maximum Gasteiger partial charge on any atom is 0.472 e. The minimum absolute atomic E-state index is 0.0848. The summed E-state index contributed by atoms with van der Waals surface area (Å²) in [6.45, 7) is 3.24. The number of carbonyl (C=O) groups is 2. The second-order valence-electron chi connectivity index (χ2n) is 15.9. The van der Waals surface area contributed by atoms with Crippen molar-refractivity contribution in [1.29, 1.82) is 0 Å². The summed E-state index contributed by atoms with van der Waals surface area (Å²) in [5.74, 6) is -1.12. The van der Waals surface area contributed by atoms with Crippen molar-refractivity contribution in [1.82, 2.24) is 0 Å². The number of phosphoric acid groups is 1. The Bertz CT molecular complexity index is 1180. The third-order valence-electron chi connectivity index (χ3n) is 10.5. The third-order valence-corrected chi connectivity index (χ3v) is 11.4. The van der Waals surface area contributed by atoms with E-state index in [1.165, 1.54) is 57.8 Å². The molecule has 0 radical (unpaired) electrons. The van der Waals surface area contributed by atoms with Gasteiger partial charge in [0.1, 0.15) is 43.2 Å². The first-order chi connectivity index (χ1) is 28.4. The molecule has 0 aromatic rings. The van der Waals surface area contributed by atoms with Crippen LogP contribution in [0, 0.1) is 0 Å². The van der Waals surface area contributed by atoms with Gasteiger partial charge in [-0.2, -0.15) is 0 Å². The molecule has 1 aliphatic rings. The molecule has 0 heterocycles. The van der Waals surface area contributed by atoms with E-state index in [9.17, 15) is 44.6 Å². The minimum Gasteiger partial charge on any atom is -0.462 e. The number of aliphatic hydroxyl groups excluding tert-OH is 5. The summed E-state index contributed by atoms with van der Waals surface area (Å²) in [4.78, 5) is 35.6. The Morgan fingerprint density at radius 1 is 0.525 bits per heavy atom. The average Bonchev–Trinajstić information content (AvgIpc) is 3.21. The molecular weight excluding hydrogens is 779 g/mol. The summed E-state index contributed by atoms with van der Waals surface area (Å²) in [7, 11) is -5.12. The first kappa shape index (κ1) is 55.1. The molecule has 14 heteroatoms. The highest BCUT2D eigenvalue weighted by molar-refractivity contribution is 7.47. The highest BCUT2D eigenvalue weighted by Crippen LogP contribution is 2.47. The zero-order valence-electron chi connectivity index (χ0n) is 36.3. The summed E-state index contributed by atoms with van der Waals surface area (Å²) in [6, 6.07) is 0. The smallest absolute Gasteiger partial charge is 0.462 e. The van der Waals surface area contributed by atoms with Gasteiger partial charge < -0.3 is 39.9 Å². The van der Waals surface area contributed by atoms with Gasteiger partial charge in [0.25, 0.3) is 0 Å². The van der Waals surface area contributed by atoms with E-state index >= 15 is 0 Å². The van der Waals surface area contributed by atoms with Gasteiger partial charge in [-0.1, -0.05) is 134 Å². The zero-order valence-corrected chi connectivity index (χ0v) is 37.2. The van der Waals surface area contributed by atoms with Gasteiger partial charge in [-0.15, -0.1) is 0 Å². The highest BCUT2D eigenvalue weighted by atomic mass is 31.2. The van der Waals surface area contributed by atoms with Crippen LogP contribution in [-0.2, 0) is 32.7 Å². The lowest BCUT2D eigenvalue weighted by Gasteiger charge is -2.41. The number of esters is 2. The Hall–Kier alpha value is -1.93. The monoisotopic (exact) mass is 861 g/mol. The van der Waals surface area contributed by atoms with Gasteiger partial charge in [0.05, 0.1) is 6.61 Å². The van der Waals surface area contributed by atoms with Gasteiger partial charge in [0.15, 0.2) is 6.10 Å². The van der Waals surface area contributed by atoms with Crippen LogP contribution in [0.1, 0.15) is 181 Å². The molecule has 1 fully saturated rings. The number of unbranched alkanes of at least 4 members (excludes halogenated alkanes) is 19. The number of hydrogen-bond acceptors (Lipinski definition) is 12. The van der Waals surface area contributed by atoms with Crippen LogP contribution in [0.3, 0.4) is 0 Å². The second-order valence-corrected chi connectivity index (χ2v) is 17.3. The van der Waals surface area contributed by atoms with Crippen molar-refractivity contribution in [3.63, 3.8) is 0 Å². The maximum atomic E-state index is 12.8. The molecule has 0 aliphatic heterocycles. The Balaban J connectivity index is 2.47. The van der Waals surface area contributed by atoms with Crippen LogP contribution < -0.4 is 0 Å². The Morgan fingerprint density at radius 2 is 0.915 bits per heavy atom. The predicted molar refractivity (Wildman–Crippen MR) is 230 cm³/mol. The second kappa shape index (κ2) is 35.6. The molecule has 8 atom stereocenters. The SMILES string of the molecule is CCCCC/C=C\C/C=C\CCCCCCCCCC(=O)OC[C@H](COP(=O)(O)OC1C(O)C(O)C(O)[C@@H](O)C1O)OC(=O)CCCCCCC/C=C\CCCCCC. The number of carbonyl (C=O) groups excluding carboxylic acids is 2.